The van der Waals surface area contributed by atoms with Gasteiger partial charge in [-0.15, -0.1) is 0 Å². The first kappa shape index (κ1) is 26.9. The Morgan fingerprint density at radius 3 is 2.44 bits per heavy atom. The number of ether oxygens (including phenoxy) is 1. The van der Waals surface area contributed by atoms with Gasteiger partial charge in [-0.1, -0.05) is 30.3 Å². The molecule has 1 fully saturated rings. The minimum absolute atomic E-state index is 0.0356. The van der Waals surface area contributed by atoms with Crippen molar-refractivity contribution in [3.63, 3.8) is 0 Å². The third kappa shape index (κ3) is 6.09. The Balaban J connectivity index is 1.04. The molecule has 4 heterocycles. The van der Waals surface area contributed by atoms with Crippen molar-refractivity contribution in [2.75, 3.05) is 47.6 Å². The highest BCUT2D eigenvalue weighted by molar-refractivity contribution is 7.90. The summed E-state index contributed by atoms with van der Waals surface area (Å²) in [6.07, 6.45) is 8.97. The third-order valence-electron chi connectivity index (χ3n) is 7.62. The van der Waals surface area contributed by atoms with Crippen molar-refractivity contribution in [2.45, 2.75) is 36.8 Å². The Morgan fingerprint density at radius 1 is 0.951 bits per heavy atom. The standard InChI is InChI=1S/C30H33N7O3S/c1-35(20-22-6-4-3-5-7-22)24-18-31-30(32-19-24)36-13-11-25(12-14-36)40-29-17-28(33-21-34-29)37-15-10-23-16-26(41(2,38)39)8-9-27(23)37/h3-9,16-19,21,25H,10-15,20H2,1-2H3. The van der Waals surface area contributed by atoms with Crippen molar-refractivity contribution in [3.8, 4) is 5.88 Å². The molecule has 0 spiro atoms. The van der Waals surface area contributed by atoms with Crippen LogP contribution in [0.1, 0.15) is 24.0 Å². The maximum Gasteiger partial charge on any atom is 0.225 e. The molecule has 41 heavy (non-hydrogen) atoms. The quantitative estimate of drug-likeness (QED) is 0.308. The summed E-state index contributed by atoms with van der Waals surface area (Å²) in [6.45, 7) is 3.11. The number of fused-ring (bicyclic) bond motifs is 1. The van der Waals surface area contributed by atoms with E-state index in [9.17, 15) is 8.42 Å². The summed E-state index contributed by atoms with van der Waals surface area (Å²) in [5.41, 5.74) is 4.18. The van der Waals surface area contributed by atoms with Crippen molar-refractivity contribution < 1.29 is 13.2 Å². The smallest absolute Gasteiger partial charge is 0.225 e. The molecule has 0 atom stereocenters. The number of rotatable bonds is 8. The number of sulfone groups is 1. The lowest BCUT2D eigenvalue weighted by Crippen LogP contribution is -2.39. The van der Waals surface area contributed by atoms with Gasteiger partial charge < -0.3 is 19.4 Å². The van der Waals surface area contributed by atoms with Crippen LogP contribution in [0.5, 0.6) is 5.88 Å². The van der Waals surface area contributed by atoms with Crippen molar-refractivity contribution in [2.24, 2.45) is 0 Å². The number of benzene rings is 2. The van der Waals surface area contributed by atoms with E-state index < -0.39 is 9.84 Å². The lowest BCUT2D eigenvalue weighted by atomic mass is 10.1. The fourth-order valence-corrected chi connectivity index (χ4v) is 6.03. The van der Waals surface area contributed by atoms with Gasteiger partial charge in [-0.05, 0) is 35.7 Å². The molecule has 0 amide bonds. The number of hydrogen-bond acceptors (Lipinski definition) is 10. The molecule has 1 saturated heterocycles. The van der Waals surface area contributed by atoms with E-state index >= 15 is 0 Å². The predicted octanol–water partition coefficient (Wildman–Crippen LogP) is 4.05. The molecule has 10 nitrogen and oxygen atoms in total. The zero-order valence-corrected chi connectivity index (χ0v) is 24.0. The van der Waals surface area contributed by atoms with E-state index in [-0.39, 0.29) is 6.10 Å². The molecule has 0 bridgehead atoms. The van der Waals surface area contributed by atoms with Gasteiger partial charge in [0.15, 0.2) is 9.84 Å². The van der Waals surface area contributed by atoms with Gasteiger partial charge in [0.2, 0.25) is 11.8 Å². The van der Waals surface area contributed by atoms with Gasteiger partial charge in [0.05, 0.1) is 23.0 Å². The topological polar surface area (TPSA) is 105 Å². The summed E-state index contributed by atoms with van der Waals surface area (Å²) in [6, 6.07) is 17.5. The Kier molecular flexibility index (Phi) is 7.44. The monoisotopic (exact) mass is 571 g/mol. The molecule has 2 aliphatic heterocycles. The van der Waals surface area contributed by atoms with Gasteiger partial charge in [-0.2, -0.15) is 0 Å². The average molecular weight is 572 g/mol. The molecule has 0 saturated carbocycles. The van der Waals surface area contributed by atoms with Gasteiger partial charge in [0.25, 0.3) is 0 Å². The summed E-state index contributed by atoms with van der Waals surface area (Å²) in [5.74, 6) is 2.01. The molecule has 0 unspecified atom stereocenters. The molecule has 6 rings (SSSR count). The van der Waals surface area contributed by atoms with E-state index in [1.165, 1.54) is 18.1 Å². The van der Waals surface area contributed by atoms with Crippen LogP contribution in [0.15, 0.2) is 78.2 Å². The van der Waals surface area contributed by atoms with Crippen molar-refractivity contribution >= 4 is 33.0 Å². The second-order valence-electron chi connectivity index (χ2n) is 10.6. The Hall–Kier alpha value is -4.25. The number of piperidine rings is 1. The minimum atomic E-state index is -3.25. The largest absolute Gasteiger partial charge is 0.474 e. The zero-order chi connectivity index (χ0) is 28.4. The lowest BCUT2D eigenvalue weighted by Gasteiger charge is -2.32. The highest BCUT2D eigenvalue weighted by Gasteiger charge is 2.26. The number of hydrogen-bond donors (Lipinski definition) is 0. The molecule has 2 aliphatic rings. The molecular formula is C30H33N7O3S. The highest BCUT2D eigenvalue weighted by Crippen LogP contribution is 2.36. The molecule has 2 aromatic heterocycles. The van der Waals surface area contributed by atoms with Gasteiger partial charge in [-0.25, -0.2) is 28.4 Å². The van der Waals surface area contributed by atoms with Crippen molar-refractivity contribution in [1.29, 1.82) is 0 Å². The summed E-state index contributed by atoms with van der Waals surface area (Å²) < 4.78 is 30.2. The van der Waals surface area contributed by atoms with E-state index in [4.69, 9.17) is 4.74 Å². The molecule has 2 aromatic carbocycles. The number of anilines is 4. The fraction of sp³-hybridized carbons (Fsp3) is 0.333. The number of nitrogens with zero attached hydrogens (tertiary/aromatic N) is 7. The first-order valence-electron chi connectivity index (χ1n) is 13.7. The summed E-state index contributed by atoms with van der Waals surface area (Å²) in [7, 11) is -1.20. The summed E-state index contributed by atoms with van der Waals surface area (Å²) >= 11 is 0. The molecular weight excluding hydrogens is 538 g/mol. The zero-order valence-electron chi connectivity index (χ0n) is 23.2. The van der Waals surface area contributed by atoms with Crippen LogP contribution in [0.3, 0.4) is 0 Å². The Bertz CT molecular complexity index is 1610. The highest BCUT2D eigenvalue weighted by atomic mass is 32.2. The second kappa shape index (κ2) is 11.3. The average Bonchev–Trinajstić information content (AvgIpc) is 3.42. The normalized spacial score (nSPS) is 15.6. The van der Waals surface area contributed by atoms with Gasteiger partial charge >= 0.3 is 0 Å². The first-order valence-corrected chi connectivity index (χ1v) is 15.6. The van der Waals surface area contributed by atoms with Gasteiger partial charge in [0, 0.05) is 64.1 Å². The van der Waals surface area contributed by atoms with E-state index in [0.717, 1.165) is 74.1 Å². The molecule has 212 valence electrons. The van der Waals surface area contributed by atoms with Gasteiger partial charge in [0.1, 0.15) is 18.2 Å². The number of aromatic nitrogens is 4. The van der Waals surface area contributed by atoms with Crippen LogP contribution in [-0.2, 0) is 22.8 Å². The molecule has 11 heteroatoms. The van der Waals surface area contributed by atoms with Crippen LogP contribution < -0.4 is 19.4 Å². The first-order chi connectivity index (χ1) is 19.8. The van der Waals surface area contributed by atoms with Crippen molar-refractivity contribution in [3.05, 3.63) is 84.4 Å². The lowest BCUT2D eigenvalue weighted by molar-refractivity contribution is 0.163. The van der Waals surface area contributed by atoms with Crippen LogP contribution in [-0.4, -0.2) is 67.4 Å². The second-order valence-corrected chi connectivity index (χ2v) is 12.6. The fourth-order valence-electron chi connectivity index (χ4n) is 5.36. The molecule has 0 aliphatic carbocycles. The van der Waals surface area contributed by atoms with Crippen LogP contribution in [0.2, 0.25) is 0 Å². The van der Waals surface area contributed by atoms with Crippen LogP contribution >= 0.6 is 0 Å². The molecule has 0 radical (unpaired) electrons. The van der Waals surface area contributed by atoms with Crippen LogP contribution in [0.4, 0.5) is 23.1 Å². The maximum atomic E-state index is 12.0. The van der Waals surface area contributed by atoms with E-state index in [1.54, 1.807) is 12.1 Å². The Morgan fingerprint density at radius 2 is 1.71 bits per heavy atom. The van der Waals surface area contributed by atoms with Crippen molar-refractivity contribution in [1.82, 2.24) is 19.9 Å². The molecule has 4 aromatic rings. The Labute approximate surface area is 240 Å². The van der Waals surface area contributed by atoms with Crippen LogP contribution in [0, 0.1) is 0 Å². The van der Waals surface area contributed by atoms with Crippen LogP contribution in [0.25, 0.3) is 0 Å². The van der Waals surface area contributed by atoms with E-state index in [1.807, 2.05) is 49.8 Å². The maximum absolute atomic E-state index is 12.0. The minimum Gasteiger partial charge on any atom is -0.474 e. The predicted molar refractivity (Wildman–Crippen MR) is 159 cm³/mol. The summed E-state index contributed by atoms with van der Waals surface area (Å²) in [5, 5.41) is 0. The third-order valence-corrected chi connectivity index (χ3v) is 8.73. The van der Waals surface area contributed by atoms with E-state index in [0.29, 0.717) is 10.8 Å². The van der Waals surface area contributed by atoms with Gasteiger partial charge in [-0.3, -0.25) is 0 Å². The van der Waals surface area contributed by atoms with E-state index in [2.05, 4.69) is 46.8 Å². The molecule has 0 N–H and O–H groups in total. The summed E-state index contributed by atoms with van der Waals surface area (Å²) in [4.78, 5) is 24.9. The SMILES string of the molecule is CN(Cc1ccccc1)c1cnc(N2CCC(Oc3cc(N4CCc5cc(S(C)(=O)=O)ccc54)ncn3)CC2)nc1.